The first kappa shape index (κ1) is 16.3. The van der Waals surface area contributed by atoms with Crippen LogP contribution in [0.4, 0.5) is 0 Å². The van der Waals surface area contributed by atoms with Crippen LogP contribution in [0.3, 0.4) is 0 Å². The average Bonchev–Trinajstić information content (AvgIpc) is 2.77. The average molecular weight is 285 g/mol. The molecule has 0 aromatic heterocycles. The molecule has 2 unspecified atom stereocenters. The van der Waals surface area contributed by atoms with Crippen molar-refractivity contribution in [1.29, 1.82) is 0 Å². The maximum Gasteiger partial charge on any atom is 0.102 e. The van der Waals surface area contributed by atoms with E-state index in [0.717, 1.165) is 0 Å². The first-order valence-electron chi connectivity index (χ1n) is 6.53. The lowest BCUT2D eigenvalue weighted by molar-refractivity contribution is 0.0380. The minimum atomic E-state index is -0.580. The maximum atomic E-state index is 9.90. The molecule has 1 fully saturated rings. The van der Waals surface area contributed by atoms with E-state index in [2.05, 4.69) is 5.92 Å². The first-order valence-corrected chi connectivity index (χ1v) is 6.97. The Hall–Kier alpha value is -0.790. The van der Waals surface area contributed by atoms with E-state index < -0.39 is 18.3 Å². The Bertz CT molecular complexity index is 359. The van der Waals surface area contributed by atoms with E-state index >= 15 is 0 Å². The van der Waals surface area contributed by atoms with Crippen LogP contribution < -0.4 is 0 Å². The van der Waals surface area contributed by atoms with Gasteiger partial charge in [0.05, 0.1) is 23.7 Å². The number of hydrogen-bond donors (Lipinski definition) is 2. The zero-order valence-electron chi connectivity index (χ0n) is 11.1. The van der Waals surface area contributed by atoms with Crippen molar-refractivity contribution in [3.63, 3.8) is 0 Å². The lowest BCUT2D eigenvalue weighted by Crippen LogP contribution is -2.21. The smallest absolute Gasteiger partial charge is 0.102 e. The summed E-state index contributed by atoms with van der Waals surface area (Å²) in [5, 5.41) is 19.1. The number of allylic oxidation sites excluding steroid dienone is 2. The van der Waals surface area contributed by atoms with Crippen LogP contribution in [-0.2, 0) is 4.74 Å². The second-order valence-corrected chi connectivity index (χ2v) is 5.18. The Labute approximate surface area is 119 Å². The fraction of sp³-hybridized carbons (Fsp3) is 0.600. The van der Waals surface area contributed by atoms with Gasteiger partial charge >= 0.3 is 0 Å². The van der Waals surface area contributed by atoms with Gasteiger partial charge in [-0.25, -0.2) is 0 Å². The van der Waals surface area contributed by atoms with Gasteiger partial charge in [0.1, 0.15) is 6.10 Å². The molecule has 1 aliphatic heterocycles. The summed E-state index contributed by atoms with van der Waals surface area (Å²) in [4.78, 5) is 0. The summed E-state index contributed by atoms with van der Waals surface area (Å²) in [6.07, 6.45) is 12.0. The van der Waals surface area contributed by atoms with Crippen molar-refractivity contribution in [2.45, 2.75) is 56.0 Å². The van der Waals surface area contributed by atoms with E-state index in [-0.39, 0.29) is 11.5 Å². The number of rotatable bonds is 6. The van der Waals surface area contributed by atoms with E-state index in [1.165, 1.54) is 0 Å². The van der Waals surface area contributed by atoms with Gasteiger partial charge in [-0.05, 0) is 18.9 Å². The largest absolute Gasteiger partial charge is 0.390 e. The summed E-state index contributed by atoms with van der Waals surface area (Å²) < 4.78 is 5.70. The molecule has 2 N–H and O–H groups in total. The van der Waals surface area contributed by atoms with Gasteiger partial charge in [0.2, 0.25) is 0 Å². The number of hydrogen-bond acceptors (Lipinski definition) is 3. The second kappa shape index (κ2) is 8.39. The molecule has 1 saturated heterocycles. The molecule has 19 heavy (non-hydrogen) atoms. The lowest BCUT2D eigenvalue weighted by atomic mass is 10.1. The molecule has 106 valence electrons. The van der Waals surface area contributed by atoms with Crippen LogP contribution in [0.15, 0.2) is 24.3 Å². The third kappa shape index (κ3) is 5.38. The topological polar surface area (TPSA) is 49.7 Å². The normalized spacial score (nSPS) is 30.8. The van der Waals surface area contributed by atoms with Crippen molar-refractivity contribution < 1.29 is 14.9 Å². The first-order chi connectivity index (χ1) is 9.08. The van der Waals surface area contributed by atoms with Crippen molar-refractivity contribution in [2.75, 3.05) is 0 Å². The Morgan fingerprint density at radius 3 is 2.95 bits per heavy atom. The molecular formula is C15H21ClO3. The van der Waals surface area contributed by atoms with E-state index in [1.54, 1.807) is 18.2 Å². The fourth-order valence-electron chi connectivity index (χ4n) is 1.92. The minimum absolute atomic E-state index is 0.201. The van der Waals surface area contributed by atoms with Crippen LogP contribution in [-0.4, -0.2) is 40.0 Å². The van der Waals surface area contributed by atoms with Crippen molar-refractivity contribution in [2.24, 2.45) is 0 Å². The van der Waals surface area contributed by atoms with Crippen LogP contribution in [0.1, 0.15) is 26.2 Å². The standard InChI is InChI=1S/C15H21ClO3/c1-3-5-6-7-12(16)15-10-13(18)14(19-15)9-8-11(17)4-2/h1,5-6,8-9,11-15,17-18H,4,7,10H2,2H3/t11?,12?,13-,14+,15-/m0/s1. The van der Waals surface area contributed by atoms with Crippen LogP contribution in [0.5, 0.6) is 0 Å². The maximum absolute atomic E-state index is 9.90. The highest BCUT2D eigenvalue weighted by molar-refractivity contribution is 6.21. The van der Waals surface area contributed by atoms with E-state index in [4.69, 9.17) is 22.8 Å². The number of halogens is 1. The Morgan fingerprint density at radius 1 is 1.58 bits per heavy atom. The summed E-state index contributed by atoms with van der Waals surface area (Å²) in [6.45, 7) is 1.89. The molecule has 0 aromatic carbocycles. The van der Waals surface area contributed by atoms with Crippen LogP contribution >= 0.6 is 11.6 Å². The summed E-state index contributed by atoms with van der Waals surface area (Å²) in [5.41, 5.74) is 0. The van der Waals surface area contributed by atoms with E-state index in [1.807, 2.05) is 13.0 Å². The third-order valence-electron chi connectivity index (χ3n) is 3.10. The summed E-state index contributed by atoms with van der Waals surface area (Å²) in [5.74, 6) is 2.40. The highest BCUT2D eigenvalue weighted by atomic mass is 35.5. The Balaban J connectivity index is 2.48. The highest BCUT2D eigenvalue weighted by Gasteiger charge is 2.35. The zero-order valence-corrected chi connectivity index (χ0v) is 11.8. The molecule has 0 saturated carbocycles. The van der Waals surface area contributed by atoms with Crippen LogP contribution in [0, 0.1) is 12.3 Å². The van der Waals surface area contributed by atoms with E-state index in [0.29, 0.717) is 19.3 Å². The van der Waals surface area contributed by atoms with Gasteiger partial charge in [0, 0.05) is 6.42 Å². The number of ether oxygens (including phenoxy) is 1. The van der Waals surface area contributed by atoms with Gasteiger partial charge in [0.25, 0.3) is 0 Å². The molecule has 4 heteroatoms. The van der Waals surface area contributed by atoms with Gasteiger partial charge < -0.3 is 14.9 Å². The molecule has 1 rings (SSSR count). The van der Waals surface area contributed by atoms with Gasteiger partial charge in [-0.2, -0.15) is 0 Å². The molecule has 3 nitrogen and oxygen atoms in total. The molecule has 0 amide bonds. The van der Waals surface area contributed by atoms with Crippen molar-refractivity contribution in [3.8, 4) is 12.3 Å². The van der Waals surface area contributed by atoms with Crippen molar-refractivity contribution in [1.82, 2.24) is 0 Å². The molecule has 1 heterocycles. The SMILES string of the molecule is C#CC=CCC(Cl)[C@@H]1C[C@H](O)[C@@H](C=CC(O)CC)O1. The number of terminal acetylenes is 1. The molecule has 0 aliphatic carbocycles. The van der Waals surface area contributed by atoms with Crippen molar-refractivity contribution in [3.05, 3.63) is 24.3 Å². The molecule has 0 spiro atoms. The number of alkyl halides is 1. The quantitative estimate of drug-likeness (QED) is 0.446. The zero-order chi connectivity index (χ0) is 14.3. The minimum Gasteiger partial charge on any atom is -0.390 e. The fourth-order valence-corrected chi connectivity index (χ4v) is 2.18. The summed E-state index contributed by atoms with van der Waals surface area (Å²) >= 11 is 6.21. The number of aliphatic hydroxyl groups is 2. The van der Waals surface area contributed by atoms with Crippen LogP contribution in [0.2, 0.25) is 0 Å². The lowest BCUT2D eigenvalue weighted by Gasteiger charge is -2.15. The van der Waals surface area contributed by atoms with Gasteiger partial charge in [-0.1, -0.05) is 31.1 Å². The molecule has 0 radical (unpaired) electrons. The van der Waals surface area contributed by atoms with Gasteiger partial charge in [-0.15, -0.1) is 18.0 Å². The predicted molar refractivity (Wildman–Crippen MR) is 77.0 cm³/mol. The molecule has 0 aromatic rings. The third-order valence-corrected chi connectivity index (χ3v) is 3.56. The summed E-state index contributed by atoms with van der Waals surface area (Å²) in [7, 11) is 0. The molecule has 1 aliphatic rings. The predicted octanol–water partition coefficient (Wildman–Crippen LogP) is 2.02. The number of aliphatic hydroxyl groups excluding tert-OH is 2. The second-order valence-electron chi connectivity index (χ2n) is 4.62. The Morgan fingerprint density at radius 2 is 2.32 bits per heavy atom. The van der Waals surface area contributed by atoms with Crippen LogP contribution in [0.25, 0.3) is 0 Å². The molecule has 5 atom stereocenters. The summed E-state index contributed by atoms with van der Waals surface area (Å²) in [6, 6.07) is 0. The van der Waals surface area contributed by atoms with E-state index in [9.17, 15) is 10.2 Å². The highest BCUT2D eigenvalue weighted by Crippen LogP contribution is 2.28. The monoisotopic (exact) mass is 284 g/mol. The Kier molecular flexibility index (Phi) is 7.19. The molecular weight excluding hydrogens is 264 g/mol. The van der Waals surface area contributed by atoms with Crippen molar-refractivity contribution >= 4 is 11.6 Å². The molecule has 0 bridgehead atoms. The van der Waals surface area contributed by atoms with Gasteiger partial charge in [-0.3, -0.25) is 0 Å². The van der Waals surface area contributed by atoms with Gasteiger partial charge in [0.15, 0.2) is 0 Å².